The van der Waals surface area contributed by atoms with E-state index in [0.717, 1.165) is 4.47 Å². The Morgan fingerprint density at radius 1 is 1.50 bits per heavy atom. The highest BCUT2D eigenvalue weighted by Gasteiger charge is 2.13. The Kier molecular flexibility index (Phi) is 4.89. The zero-order valence-corrected chi connectivity index (χ0v) is 11.5. The van der Waals surface area contributed by atoms with Crippen LogP contribution in [0.3, 0.4) is 0 Å². The van der Waals surface area contributed by atoms with Crippen LogP contribution < -0.4 is 5.32 Å². The molecule has 6 heteroatoms. The van der Waals surface area contributed by atoms with Gasteiger partial charge in [0, 0.05) is 11.0 Å². The Morgan fingerprint density at radius 2 is 2.00 bits per heavy atom. The van der Waals surface area contributed by atoms with Gasteiger partial charge >= 0.3 is 5.97 Å². The quantitative estimate of drug-likeness (QED) is 0.882. The normalized spacial score (nSPS) is 12.2. The van der Waals surface area contributed by atoms with Gasteiger partial charge in [0.25, 0.3) is 0 Å². The molecule has 88 valence electrons. The monoisotopic (exact) mass is 325 g/mol. The number of hydrogen-bond acceptors (Lipinski definition) is 2. The third-order valence-electron chi connectivity index (χ3n) is 2.01. The van der Waals surface area contributed by atoms with Crippen LogP contribution in [-0.4, -0.2) is 17.6 Å². The molecule has 0 saturated heterocycles. The van der Waals surface area contributed by atoms with Crippen molar-refractivity contribution in [2.45, 2.75) is 6.92 Å². The van der Waals surface area contributed by atoms with Gasteiger partial charge < -0.3 is 10.4 Å². The molecule has 0 aromatic heterocycles. The topological polar surface area (TPSA) is 49.3 Å². The van der Waals surface area contributed by atoms with E-state index < -0.39 is 11.9 Å². The fourth-order valence-electron chi connectivity index (χ4n) is 1.05. The lowest BCUT2D eigenvalue weighted by atomic mass is 10.2. The minimum atomic E-state index is -0.864. The maximum absolute atomic E-state index is 10.6. The largest absolute Gasteiger partial charge is 0.481 e. The average Bonchev–Trinajstić information content (AvgIpc) is 2.15. The standard InChI is InChI=1S/C10H10BrCl2NO2/c1-5(10(15)16)4-14-9-7(12)2-6(11)3-8(9)13/h2-3,5,14H,4H2,1H3,(H,15,16). The predicted molar refractivity (Wildman–Crippen MR) is 69.5 cm³/mol. The molecule has 0 spiro atoms. The van der Waals surface area contributed by atoms with Crippen molar-refractivity contribution in [1.82, 2.24) is 0 Å². The third-order valence-corrected chi connectivity index (χ3v) is 3.07. The molecule has 0 aliphatic rings. The van der Waals surface area contributed by atoms with Crippen molar-refractivity contribution in [3.05, 3.63) is 26.7 Å². The van der Waals surface area contributed by atoms with Crippen LogP contribution in [0.15, 0.2) is 16.6 Å². The second-order valence-corrected chi connectivity index (χ2v) is 5.09. The summed E-state index contributed by atoms with van der Waals surface area (Å²) in [4.78, 5) is 10.6. The zero-order valence-electron chi connectivity index (χ0n) is 8.43. The van der Waals surface area contributed by atoms with Crippen LogP contribution in [0.1, 0.15) is 6.92 Å². The summed E-state index contributed by atoms with van der Waals surface area (Å²) in [7, 11) is 0. The van der Waals surface area contributed by atoms with Gasteiger partial charge in [-0.3, -0.25) is 4.79 Å². The molecular formula is C10H10BrCl2NO2. The van der Waals surface area contributed by atoms with Gasteiger partial charge in [-0.25, -0.2) is 0 Å². The number of carboxylic acid groups (broad SMARTS) is 1. The van der Waals surface area contributed by atoms with E-state index in [0.29, 0.717) is 15.7 Å². The van der Waals surface area contributed by atoms with Gasteiger partial charge in [0.2, 0.25) is 0 Å². The van der Waals surface area contributed by atoms with Gasteiger partial charge in [-0.15, -0.1) is 0 Å². The maximum atomic E-state index is 10.6. The minimum absolute atomic E-state index is 0.274. The van der Waals surface area contributed by atoms with E-state index in [2.05, 4.69) is 21.2 Å². The lowest BCUT2D eigenvalue weighted by molar-refractivity contribution is -0.140. The summed E-state index contributed by atoms with van der Waals surface area (Å²) < 4.78 is 0.777. The fraction of sp³-hybridized carbons (Fsp3) is 0.300. The Bertz CT molecular complexity index is 389. The molecule has 16 heavy (non-hydrogen) atoms. The second-order valence-electron chi connectivity index (χ2n) is 3.36. The molecule has 0 fully saturated rings. The molecule has 0 aliphatic heterocycles. The number of hydrogen-bond donors (Lipinski definition) is 2. The maximum Gasteiger partial charge on any atom is 0.308 e. The highest BCUT2D eigenvalue weighted by atomic mass is 79.9. The highest BCUT2D eigenvalue weighted by Crippen LogP contribution is 2.33. The molecule has 0 radical (unpaired) electrons. The van der Waals surface area contributed by atoms with Crippen molar-refractivity contribution in [2.75, 3.05) is 11.9 Å². The van der Waals surface area contributed by atoms with E-state index in [1.165, 1.54) is 0 Å². The first-order chi connectivity index (χ1) is 7.41. The van der Waals surface area contributed by atoms with Gasteiger partial charge in [0.05, 0.1) is 21.7 Å². The molecule has 1 atom stereocenters. The summed E-state index contributed by atoms with van der Waals surface area (Å²) in [6, 6.07) is 3.39. The first-order valence-corrected chi connectivity index (χ1v) is 6.08. The van der Waals surface area contributed by atoms with E-state index in [-0.39, 0.29) is 6.54 Å². The van der Waals surface area contributed by atoms with E-state index >= 15 is 0 Å². The summed E-state index contributed by atoms with van der Waals surface area (Å²) in [6.07, 6.45) is 0. The number of anilines is 1. The third kappa shape index (κ3) is 3.54. The van der Waals surface area contributed by atoms with Crippen LogP contribution in [0.25, 0.3) is 0 Å². The number of nitrogens with one attached hydrogen (secondary N) is 1. The summed E-state index contributed by atoms with van der Waals surface area (Å²) in [5, 5.41) is 12.6. The van der Waals surface area contributed by atoms with Crippen molar-refractivity contribution in [3.63, 3.8) is 0 Å². The van der Waals surface area contributed by atoms with Crippen LogP contribution in [0, 0.1) is 5.92 Å². The van der Waals surface area contributed by atoms with E-state index in [1.54, 1.807) is 19.1 Å². The average molecular weight is 327 g/mol. The summed E-state index contributed by atoms with van der Waals surface area (Å²) in [5.41, 5.74) is 0.555. The zero-order chi connectivity index (χ0) is 12.3. The molecule has 0 amide bonds. The van der Waals surface area contributed by atoms with E-state index in [4.69, 9.17) is 28.3 Å². The number of rotatable bonds is 4. The lowest BCUT2D eigenvalue weighted by Gasteiger charge is -2.13. The van der Waals surface area contributed by atoms with Crippen molar-refractivity contribution in [1.29, 1.82) is 0 Å². The SMILES string of the molecule is CC(CNc1c(Cl)cc(Br)cc1Cl)C(=O)O. The summed E-state index contributed by atoms with van der Waals surface area (Å²) >= 11 is 15.2. The van der Waals surface area contributed by atoms with Crippen LogP contribution in [0.5, 0.6) is 0 Å². The number of aliphatic carboxylic acids is 1. The van der Waals surface area contributed by atoms with Gasteiger partial charge in [-0.05, 0) is 12.1 Å². The highest BCUT2D eigenvalue weighted by molar-refractivity contribution is 9.10. The summed E-state index contributed by atoms with van der Waals surface area (Å²) in [6.45, 7) is 1.88. The Hall–Kier alpha value is -0.450. The van der Waals surface area contributed by atoms with Gasteiger partial charge in [0.15, 0.2) is 0 Å². The Labute approximate surface area is 112 Å². The number of halogens is 3. The van der Waals surface area contributed by atoms with Crippen LogP contribution in [0.4, 0.5) is 5.69 Å². The lowest BCUT2D eigenvalue weighted by Crippen LogP contribution is -2.19. The second kappa shape index (κ2) is 5.75. The molecule has 1 rings (SSSR count). The van der Waals surface area contributed by atoms with Crippen LogP contribution in [0.2, 0.25) is 10.0 Å². The molecule has 1 unspecified atom stereocenters. The van der Waals surface area contributed by atoms with Crippen molar-refractivity contribution in [2.24, 2.45) is 5.92 Å². The van der Waals surface area contributed by atoms with Gasteiger partial charge in [0.1, 0.15) is 0 Å². The molecule has 0 heterocycles. The first kappa shape index (κ1) is 13.6. The first-order valence-electron chi connectivity index (χ1n) is 4.53. The Morgan fingerprint density at radius 3 is 2.44 bits per heavy atom. The number of carbonyl (C=O) groups is 1. The molecule has 0 bridgehead atoms. The van der Waals surface area contributed by atoms with E-state index in [1.807, 2.05) is 0 Å². The fourth-order valence-corrected chi connectivity index (χ4v) is 2.40. The number of benzene rings is 1. The molecule has 1 aromatic rings. The molecule has 1 aromatic carbocycles. The molecule has 0 saturated carbocycles. The summed E-state index contributed by atoms with van der Waals surface area (Å²) in [5.74, 6) is -1.37. The van der Waals surface area contributed by atoms with Gasteiger partial charge in [-0.1, -0.05) is 46.1 Å². The van der Waals surface area contributed by atoms with Gasteiger partial charge in [-0.2, -0.15) is 0 Å². The predicted octanol–water partition coefficient (Wildman–Crippen LogP) is 3.89. The van der Waals surface area contributed by atoms with Crippen molar-refractivity contribution < 1.29 is 9.90 Å². The van der Waals surface area contributed by atoms with Crippen LogP contribution >= 0.6 is 39.1 Å². The molecule has 3 nitrogen and oxygen atoms in total. The van der Waals surface area contributed by atoms with Crippen molar-refractivity contribution >= 4 is 50.8 Å². The smallest absolute Gasteiger partial charge is 0.308 e. The molecular weight excluding hydrogens is 317 g/mol. The van der Waals surface area contributed by atoms with Crippen LogP contribution in [-0.2, 0) is 4.79 Å². The Balaban J connectivity index is 2.78. The minimum Gasteiger partial charge on any atom is -0.481 e. The number of carboxylic acids is 1. The molecule has 0 aliphatic carbocycles. The van der Waals surface area contributed by atoms with Crippen molar-refractivity contribution in [3.8, 4) is 0 Å². The van der Waals surface area contributed by atoms with E-state index in [9.17, 15) is 4.79 Å². The molecule has 2 N–H and O–H groups in total.